The molecule has 43 heavy (non-hydrogen) atoms. The molecule has 1 N–H and O–H groups in total. The number of carbonyl (C=O) groups excluding carboxylic acids is 1. The van der Waals surface area contributed by atoms with E-state index in [9.17, 15) is 22.8 Å². The Morgan fingerprint density at radius 2 is 1.67 bits per heavy atom. The predicted molar refractivity (Wildman–Crippen MR) is 168 cm³/mol. The maximum Gasteiger partial charge on any atom is 0.256 e. The number of halogens is 3. The lowest BCUT2D eigenvalue weighted by Crippen LogP contribution is -2.25. The number of aromatic nitrogens is 1. The highest BCUT2D eigenvalue weighted by Crippen LogP contribution is 2.22. The number of aldehydes is 1. The van der Waals surface area contributed by atoms with Gasteiger partial charge in [0.25, 0.3) is 5.56 Å². The van der Waals surface area contributed by atoms with Gasteiger partial charge < -0.3 is 9.30 Å². The average molecular weight is 591 g/mol. The molecule has 0 amide bonds. The summed E-state index contributed by atoms with van der Waals surface area (Å²) in [5.74, 6) is -4.15. The number of hydrogen-bond donors (Lipinski definition) is 1. The summed E-state index contributed by atoms with van der Waals surface area (Å²) in [4.78, 5) is 24.4. The molecule has 4 rings (SSSR count). The molecule has 0 aliphatic carbocycles. The number of nitrogens with zero attached hydrogens (tertiary/aromatic N) is 1. The van der Waals surface area contributed by atoms with Crippen molar-refractivity contribution in [3.63, 3.8) is 0 Å². The molecule has 3 aromatic carbocycles. The van der Waals surface area contributed by atoms with E-state index in [1.165, 1.54) is 10.8 Å². The highest BCUT2D eigenvalue weighted by atomic mass is 19.2. The van der Waals surface area contributed by atoms with Gasteiger partial charge in [0.05, 0.1) is 19.9 Å². The van der Waals surface area contributed by atoms with E-state index in [0.717, 1.165) is 40.7 Å². The van der Waals surface area contributed by atoms with Crippen molar-refractivity contribution in [1.29, 1.82) is 0 Å². The van der Waals surface area contributed by atoms with E-state index in [2.05, 4.69) is 5.32 Å². The van der Waals surface area contributed by atoms with Crippen molar-refractivity contribution in [3.05, 3.63) is 146 Å². The van der Waals surface area contributed by atoms with Crippen molar-refractivity contribution in [2.45, 2.75) is 33.9 Å². The van der Waals surface area contributed by atoms with Crippen LogP contribution in [0.1, 0.15) is 48.7 Å². The maximum absolute atomic E-state index is 13.5. The molecule has 0 unspecified atom stereocenters. The van der Waals surface area contributed by atoms with Gasteiger partial charge in [-0.15, -0.1) is 0 Å². The van der Waals surface area contributed by atoms with Crippen LogP contribution in [-0.4, -0.2) is 24.1 Å². The summed E-state index contributed by atoms with van der Waals surface area (Å²) < 4.78 is 47.1. The topological polar surface area (TPSA) is 60.3 Å². The van der Waals surface area contributed by atoms with E-state index in [1.54, 1.807) is 12.1 Å². The number of pyridine rings is 1. The smallest absolute Gasteiger partial charge is 0.256 e. The minimum Gasteiger partial charge on any atom is -0.361 e. The molecule has 1 aromatic heterocycles. The van der Waals surface area contributed by atoms with Gasteiger partial charge in [-0.2, -0.15) is 0 Å². The maximum atomic E-state index is 13.5. The summed E-state index contributed by atoms with van der Waals surface area (Å²) in [5.41, 5.74) is 4.57. The van der Waals surface area contributed by atoms with E-state index in [4.69, 9.17) is 4.74 Å². The predicted octanol–water partition coefficient (Wildman–Crippen LogP) is 7.41. The molecule has 0 spiro atoms. The van der Waals surface area contributed by atoms with Crippen LogP contribution in [0.4, 0.5) is 13.2 Å². The van der Waals surface area contributed by atoms with E-state index >= 15 is 0 Å². The fourth-order valence-electron chi connectivity index (χ4n) is 4.31. The van der Waals surface area contributed by atoms with E-state index in [1.807, 2.05) is 87.5 Å². The summed E-state index contributed by atoms with van der Waals surface area (Å²) in [6.07, 6.45) is 8.12. The third-order valence-electron chi connectivity index (χ3n) is 6.34. The largest absolute Gasteiger partial charge is 0.361 e. The van der Waals surface area contributed by atoms with Gasteiger partial charge in [0.2, 0.25) is 0 Å². The molecule has 0 aliphatic heterocycles. The van der Waals surface area contributed by atoms with Gasteiger partial charge in [-0.3, -0.25) is 14.9 Å². The van der Waals surface area contributed by atoms with Crippen molar-refractivity contribution in [3.8, 4) is 0 Å². The third kappa shape index (κ3) is 9.49. The van der Waals surface area contributed by atoms with Crippen molar-refractivity contribution >= 4 is 24.0 Å². The summed E-state index contributed by atoms with van der Waals surface area (Å²) in [6, 6.07) is 20.6. The van der Waals surface area contributed by atoms with E-state index in [-0.39, 0.29) is 32.4 Å². The summed E-state index contributed by atoms with van der Waals surface area (Å²) >= 11 is 0. The lowest BCUT2D eigenvalue weighted by molar-refractivity contribution is -0.103. The Balaban J connectivity index is 0.00000220. The molecule has 0 radical (unpaired) electrons. The molecule has 0 fully saturated rings. The van der Waals surface area contributed by atoms with Gasteiger partial charge in [-0.25, -0.2) is 13.2 Å². The Kier molecular flexibility index (Phi) is 12.9. The summed E-state index contributed by atoms with van der Waals surface area (Å²) in [7, 11) is 0. The minimum atomic E-state index is -1.54. The third-order valence-corrected chi connectivity index (χ3v) is 6.34. The molecule has 5 nitrogen and oxygen atoms in total. The molecule has 0 bridgehead atoms. The molecule has 4 aromatic rings. The van der Waals surface area contributed by atoms with Crippen LogP contribution < -0.4 is 10.9 Å². The van der Waals surface area contributed by atoms with Crippen molar-refractivity contribution < 1.29 is 24.1 Å². The molecule has 8 heteroatoms. The first-order valence-corrected chi connectivity index (χ1v) is 14.0. The molecule has 1 heterocycles. The van der Waals surface area contributed by atoms with Gasteiger partial charge in [0, 0.05) is 25.3 Å². The van der Waals surface area contributed by atoms with Crippen molar-refractivity contribution in [2.75, 3.05) is 13.3 Å². The molecule has 0 atom stereocenters. The molecular weight excluding hydrogens is 553 g/mol. The zero-order valence-corrected chi connectivity index (χ0v) is 24.4. The quantitative estimate of drug-likeness (QED) is 0.0466. The van der Waals surface area contributed by atoms with Gasteiger partial charge >= 0.3 is 0 Å². The van der Waals surface area contributed by atoms with Crippen LogP contribution in [0.25, 0.3) is 17.7 Å². The van der Waals surface area contributed by atoms with Crippen LogP contribution >= 0.6 is 0 Å². The zero-order chi connectivity index (χ0) is 31.2. The van der Waals surface area contributed by atoms with Gasteiger partial charge in [0.1, 0.15) is 0 Å². The Morgan fingerprint density at radius 1 is 0.953 bits per heavy atom. The average Bonchev–Trinajstić information content (AvgIpc) is 3.01. The number of ether oxygens (including phenoxy) is 1. The van der Waals surface area contributed by atoms with Crippen LogP contribution in [0.15, 0.2) is 89.9 Å². The molecular formula is C35H37F3N2O3. The number of nitrogens with one attached hydrogen (secondary N) is 1. The Labute approximate surface area is 251 Å². The second kappa shape index (κ2) is 16.8. The second-order valence-corrected chi connectivity index (χ2v) is 9.39. The van der Waals surface area contributed by atoms with Crippen LogP contribution in [0.3, 0.4) is 0 Å². The fraction of sp³-hybridized carbons (Fsp3) is 0.200. The molecule has 226 valence electrons. The fourth-order valence-corrected chi connectivity index (χ4v) is 4.31. The first-order chi connectivity index (χ1) is 20.9. The van der Waals surface area contributed by atoms with Crippen LogP contribution in [0, 0.1) is 24.4 Å². The summed E-state index contributed by atoms with van der Waals surface area (Å²) in [5, 5.41) is 3.11. The lowest BCUT2D eigenvalue weighted by atomic mass is 9.97. The number of benzene rings is 3. The van der Waals surface area contributed by atoms with E-state index in [0.29, 0.717) is 17.7 Å². The monoisotopic (exact) mass is 590 g/mol. The molecule has 0 aliphatic rings. The van der Waals surface area contributed by atoms with Crippen LogP contribution in [-0.2, 0) is 22.7 Å². The first kappa shape index (κ1) is 33.0. The van der Waals surface area contributed by atoms with Gasteiger partial charge in [0.15, 0.2) is 23.7 Å². The lowest BCUT2D eigenvalue weighted by Gasteiger charge is -2.10. The normalized spacial score (nSPS) is 11.3. The van der Waals surface area contributed by atoms with Crippen LogP contribution in [0.5, 0.6) is 0 Å². The highest BCUT2D eigenvalue weighted by Gasteiger charge is 2.12. The van der Waals surface area contributed by atoms with Gasteiger partial charge in [-0.1, -0.05) is 74.5 Å². The number of aryl methyl sites for hydroxylation is 1. The van der Waals surface area contributed by atoms with Crippen molar-refractivity contribution in [1.82, 2.24) is 9.88 Å². The van der Waals surface area contributed by atoms with E-state index < -0.39 is 17.5 Å². The SMILES string of the molecule is CC.Cc1cc(/C=C/CNCOCc2cccn(Cc3cc(F)c(F)c(F)c3)c2=O)ccc1/C(C=O)=C\c1ccccc1.[HH]. The minimum absolute atomic E-state index is 0. The standard InChI is InChI=1S/C33H29F3N2O3.C2H6.H2/c1-23-15-25(11-12-29(23)28(20-39)16-24-7-3-2-4-8-24)9-5-13-37-22-41-21-27-10-6-14-38(33(27)40)19-26-17-30(34)32(36)31(35)18-26;1-2;/h2-12,14-18,20,37H,13,19,21-22H2,1H3;1-2H3;1H/b9-5+,28-16-;;. The number of rotatable bonds is 12. The Hall–Kier alpha value is -4.53. The Bertz CT molecular complexity index is 1610. The van der Waals surface area contributed by atoms with Crippen LogP contribution in [0.2, 0.25) is 0 Å². The number of hydrogen-bond acceptors (Lipinski definition) is 4. The first-order valence-electron chi connectivity index (χ1n) is 14.0. The Morgan fingerprint density at radius 3 is 2.35 bits per heavy atom. The zero-order valence-electron chi connectivity index (χ0n) is 24.4. The van der Waals surface area contributed by atoms with Gasteiger partial charge in [-0.05, 0) is 65.1 Å². The summed E-state index contributed by atoms with van der Waals surface area (Å²) in [6.45, 7) is 6.62. The molecule has 0 saturated carbocycles. The highest BCUT2D eigenvalue weighted by molar-refractivity contribution is 6.13. The number of allylic oxidation sites excluding steroid dienone is 1. The second-order valence-electron chi connectivity index (χ2n) is 9.39. The van der Waals surface area contributed by atoms with Crippen molar-refractivity contribution in [2.24, 2.45) is 0 Å². The number of carbonyl (C=O) groups is 1. The molecule has 0 saturated heterocycles.